The number of thiophene rings is 1. The van der Waals surface area contributed by atoms with Gasteiger partial charge in [-0.25, -0.2) is 4.79 Å². The van der Waals surface area contributed by atoms with Crippen LogP contribution in [0.4, 0.5) is 5.69 Å². The minimum atomic E-state index is -0.989. The second-order valence-electron chi connectivity index (χ2n) is 4.07. The van der Waals surface area contributed by atoms with Crippen LogP contribution in [0.25, 0.3) is 11.1 Å². The molecular formula is C14H15NO3S. The van der Waals surface area contributed by atoms with Gasteiger partial charge in [0.15, 0.2) is 0 Å². The highest BCUT2D eigenvalue weighted by molar-refractivity contribution is 7.13. The van der Waals surface area contributed by atoms with Crippen molar-refractivity contribution >= 4 is 23.0 Å². The molecule has 0 aliphatic rings. The van der Waals surface area contributed by atoms with E-state index in [9.17, 15) is 4.79 Å². The molecule has 19 heavy (non-hydrogen) atoms. The molecule has 1 heterocycles. The zero-order chi connectivity index (χ0) is 13.8. The molecule has 0 unspecified atom stereocenters. The van der Waals surface area contributed by atoms with E-state index in [1.165, 1.54) is 0 Å². The summed E-state index contributed by atoms with van der Waals surface area (Å²) in [5, 5.41) is 10.7. The van der Waals surface area contributed by atoms with E-state index in [0.717, 1.165) is 34.6 Å². The van der Waals surface area contributed by atoms with Crippen molar-refractivity contribution in [2.75, 3.05) is 12.3 Å². The first-order valence-corrected chi connectivity index (χ1v) is 6.85. The molecule has 0 saturated carbocycles. The van der Waals surface area contributed by atoms with Gasteiger partial charge in [0.05, 0.1) is 12.3 Å². The summed E-state index contributed by atoms with van der Waals surface area (Å²) >= 11 is 1.14. The molecule has 1 aromatic heterocycles. The Morgan fingerprint density at radius 1 is 1.37 bits per heavy atom. The van der Waals surface area contributed by atoms with Gasteiger partial charge < -0.3 is 15.6 Å². The molecule has 5 heteroatoms. The number of benzene rings is 1. The molecule has 0 saturated heterocycles. The normalized spacial score (nSPS) is 10.4. The van der Waals surface area contributed by atoms with Gasteiger partial charge in [-0.2, -0.15) is 0 Å². The van der Waals surface area contributed by atoms with Crippen LogP contribution < -0.4 is 10.5 Å². The highest BCUT2D eigenvalue weighted by atomic mass is 32.1. The Hall–Kier alpha value is -2.01. The monoisotopic (exact) mass is 277 g/mol. The minimum Gasteiger partial charge on any atom is -0.494 e. The summed E-state index contributed by atoms with van der Waals surface area (Å²) in [4.78, 5) is 11.1. The second-order valence-corrected chi connectivity index (χ2v) is 4.95. The van der Waals surface area contributed by atoms with E-state index in [4.69, 9.17) is 15.6 Å². The molecule has 2 rings (SSSR count). The predicted octanol–water partition coefficient (Wildman–Crippen LogP) is 3.48. The zero-order valence-electron chi connectivity index (χ0n) is 10.6. The summed E-state index contributed by atoms with van der Waals surface area (Å²) in [5.41, 5.74) is 7.82. The third-order valence-electron chi connectivity index (χ3n) is 2.66. The average molecular weight is 277 g/mol. The van der Waals surface area contributed by atoms with Crippen LogP contribution in [0.5, 0.6) is 5.75 Å². The molecule has 0 aliphatic carbocycles. The van der Waals surface area contributed by atoms with Gasteiger partial charge in [-0.3, -0.25) is 0 Å². The van der Waals surface area contributed by atoms with Crippen LogP contribution in [-0.2, 0) is 0 Å². The van der Waals surface area contributed by atoms with E-state index in [2.05, 4.69) is 0 Å². The maximum atomic E-state index is 10.9. The highest BCUT2D eigenvalue weighted by Gasteiger charge is 2.15. The first-order chi connectivity index (χ1) is 9.13. The Morgan fingerprint density at radius 2 is 2.05 bits per heavy atom. The second kappa shape index (κ2) is 5.75. The van der Waals surface area contributed by atoms with Crippen LogP contribution in [0.3, 0.4) is 0 Å². The number of carboxylic acid groups (broad SMARTS) is 1. The van der Waals surface area contributed by atoms with E-state index in [0.29, 0.717) is 12.3 Å². The lowest BCUT2D eigenvalue weighted by Gasteiger charge is -2.06. The molecule has 0 aliphatic heterocycles. The standard InChI is InChI=1S/C14H15NO3S/c1-2-7-18-10-5-3-9(4-6-10)11-8-19-13(12(11)15)14(16)17/h3-6,8H,2,7,15H2,1H3,(H,16,17). The molecule has 0 atom stereocenters. The Balaban J connectivity index is 2.25. The van der Waals surface area contributed by atoms with Crippen molar-refractivity contribution in [3.05, 3.63) is 34.5 Å². The van der Waals surface area contributed by atoms with Crippen LogP contribution >= 0.6 is 11.3 Å². The van der Waals surface area contributed by atoms with Gasteiger partial charge in [-0.1, -0.05) is 19.1 Å². The van der Waals surface area contributed by atoms with E-state index in [-0.39, 0.29) is 4.88 Å². The fourth-order valence-corrected chi connectivity index (χ4v) is 2.54. The van der Waals surface area contributed by atoms with Crippen LogP contribution in [0, 0.1) is 0 Å². The van der Waals surface area contributed by atoms with E-state index in [1.54, 1.807) is 5.38 Å². The largest absolute Gasteiger partial charge is 0.494 e. The number of aromatic carboxylic acids is 1. The fourth-order valence-electron chi connectivity index (χ4n) is 1.71. The molecular weight excluding hydrogens is 262 g/mol. The lowest BCUT2D eigenvalue weighted by molar-refractivity contribution is 0.0703. The summed E-state index contributed by atoms with van der Waals surface area (Å²) in [6, 6.07) is 7.50. The number of nitrogen functional groups attached to an aromatic ring is 1. The lowest BCUT2D eigenvalue weighted by atomic mass is 10.1. The number of hydrogen-bond acceptors (Lipinski definition) is 4. The first-order valence-electron chi connectivity index (χ1n) is 5.97. The SMILES string of the molecule is CCCOc1ccc(-c2csc(C(=O)O)c2N)cc1. The number of nitrogens with two attached hydrogens (primary N) is 1. The van der Waals surface area contributed by atoms with Gasteiger partial charge in [0.2, 0.25) is 0 Å². The van der Waals surface area contributed by atoms with Crippen molar-refractivity contribution in [3.8, 4) is 16.9 Å². The third kappa shape index (κ3) is 2.88. The smallest absolute Gasteiger partial charge is 0.348 e. The molecule has 1 aromatic carbocycles. The van der Waals surface area contributed by atoms with Crippen LogP contribution in [0.15, 0.2) is 29.6 Å². The van der Waals surface area contributed by atoms with E-state index >= 15 is 0 Å². The fraction of sp³-hybridized carbons (Fsp3) is 0.214. The van der Waals surface area contributed by atoms with Gasteiger partial charge in [0, 0.05) is 10.9 Å². The van der Waals surface area contributed by atoms with Crippen molar-refractivity contribution < 1.29 is 14.6 Å². The van der Waals surface area contributed by atoms with Crippen molar-refractivity contribution in [2.45, 2.75) is 13.3 Å². The van der Waals surface area contributed by atoms with E-state index in [1.807, 2.05) is 31.2 Å². The predicted molar refractivity (Wildman–Crippen MR) is 76.9 cm³/mol. The van der Waals surface area contributed by atoms with Gasteiger partial charge in [0.25, 0.3) is 0 Å². The molecule has 100 valence electrons. The van der Waals surface area contributed by atoms with Crippen LogP contribution in [0.1, 0.15) is 23.0 Å². The first kappa shape index (κ1) is 13.4. The van der Waals surface area contributed by atoms with E-state index < -0.39 is 5.97 Å². The topological polar surface area (TPSA) is 72.5 Å². The minimum absolute atomic E-state index is 0.182. The molecule has 0 spiro atoms. The third-order valence-corrected chi connectivity index (χ3v) is 3.65. The zero-order valence-corrected chi connectivity index (χ0v) is 11.4. The molecule has 0 bridgehead atoms. The number of rotatable bonds is 5. The maximum Gasteiger partial charge on any atom is 0.348 e. The number of carbonyl (C=O) groups is 1. The maximum absolute atomic E-state index is 10.9. The van der Waals surface area contributed by atoms with Crippen molar-refractivity contribution in [1.29, 1.82) is 0 Å². The Morgan fingerprint density at radius 3 is 2.58 bits per heavy atom. The number of ether oxygens (including phenoxy) is 1. The van der Waals surface area contributed by atoms with Gasteiger partial charge in [0.1, 0.15) is 10.6 Å². The van der Waals surface area contributed by atoms with Crippen LogP contribution in [0.2, 0.25) is 0 Å². The molecule has 3 N–H and O–H groups in total. The van der Waals surface area contributed by atoms with Gasteiger partial charge >= 0.3 is 5.97 Å². The summed E-state index contributed by atoms with van der Waals surface area (Å²) in [6.07, 6.45) is 0.960. The van der Waals surface area contributed by atoms with Crippen molar-refractivity contribution in [3.63, 3.8) is 0 Å². The van der Waals surface area contributed by atoms with Gasteiger partial charge in [-0.15, -0.1) is 11.3 Å². The molecule has 2 aromatic rings. The quantitative estimate of drug-likeness (QED) is 0.877. The Kier molecular flexibility index (Phi) is 4.06. The number of hydrogen-bond donors (Lipinski definition) is 2. The van der Waals surface area contributed by atoms with Crippen LogP contribution in [-0.4, -0.2) is 17.7 Å². The number of carboxylic acids is 1. The van der Waals surface area contributed by atoms with Crippen molar-refractivity contribution in [2.24, 2.45) is 0 Å². The average Bonchev–Trinajstić information content (AvgIpc) is 2.79. The highest BCUT2D eigenvalue weighted by Crippen LogP contribution is 2.34. The molecule has 0 amide bonds. The lowest BCUT2D eigenvalue weighted by Crippen LogP contribution is -1.98. The summed E-state index contributed by atoms with van der Waals surface area (Å²) in [6.45, 7) is 2.73. The summed E-state index contributed by atoms with van der Waals surface area (Å²) in [5.74, 6) is -0.186. The molecule has 0 radical (unpaired) electrons. The summed E-state index contributed by atoms with van der Waals surface area (Å²) in [7, 11) is 0. The number of anilines is 1. The molecule has 4 nitrogen and oxygen atoms in total. The summed E-state index contributed by atoms with van der Waals surface area (Å²) < 4.78 is 5.50. The Labute approximate surface area is 115 Å². The molecule has 0 fully saturated rings. The van der Waals surface area contributed by atoms with Crippen molar-refractivity contribution in [1.82, 2.24) is 0 Å². The van der Waals surface area contributed by atoms with Gasteiger partial charge in [-0.05, 0) is 24.1 Å². The Bertz CT molecular complexity index is 575.